The van der Waals surface area contributed by atoms with Crippen LogP contribution in [0.15, 0.2) is 29.2 Å². The lowest BCUT2D eigenvalue weighted by molar-refractivity contribution is 0.588. The van der Waals surface area contributed by atoms with Crippen LogP contribution >= 0.6 is 0 Å². The molecule has 20 heavy (non-hydrogen) atoms. The number of sulfone groups is 1. The lowest BCUT2D eigenvalue weighted by atomic mass is 10.3. The van der Waals surface area contributed by atoms with Crippen LogP contribution in [-0.2, 0) is 19.9 Å². The summed E-state index contributed by atoms with van der Waals surface area (Å²) in [6.07, 6.45) is 0. The first-order valence-corrected chi connectivity index (χ1v) is 9.51. The van der Waals surface area contributed by atoms with E-state index in [1.54, 1.807) is 26.0 Å². The van der Waals surface area contributed by atoms with Gasteiger partial charge in [0.1, 0.15) is 0 Å². The molecule has 0 radical (unpaired) electrons. The number of hydrogen-bond acceptors (Lipinski definition) is 5. The smallest absolute Gasteiger partial charge is 0.240 e. The minimum Gasteiger partial charge on any atom is -0.382 e. The topological polar surface area (TPSA) is 92.3 Å². The van der Waals surface area contributed by atoms with Gasteiger partial charge in [-0.3, -0.25) is 0 Å². The van der Waals surface area contributed by atoms with Crippen LogP contribution in [0.2, 0.25) is 0 Å². The molecule has 0 spiro atoms. The Morgan fingerprint density at radius 1 is 1.10 bits per heavy atom. The third kappa shape index (κ3) is 4.77. The fourth-order valence-corrected chi connectivity index (χ4v) is 3.48. The predicted molar refractivity (Wildman–Crippen MR) is 80.1 cm³/mol. The van der Waals surface area contributed by atoms with Crippen molar-refractivity contribution in [2.24, 2.45) is 0 Å². The van der Waals surface area contributed by atoms with E-state index in [1.165, 1.54) is 19.2 Å². The van der Waals surface area contributed by atoms with Gasteiger partial charge in [0, 0.05) is 17.5 Å². The highest BCUT2D eigenvalue weighted by Crippen LogP contribution is 2.14. The van der Waals surface area contributed by atoms with E-state index >= 15 is 0 Å². The Kier molecular flexibility index (Phi) is 5.55. The summed E-state index contributed by atoms with van der Waals surface area (Å²) in [7, 11) is -5.15. The minimum absolute atomic E-state index is 0.0417. The third-order valence-electron chi connectivity index (χ3n) is 2.79. The molecule has 1 aromatic carbocycles. The summed E-state index contributed by atoms with van der Waals surface area (Å²) in [6.45, 7) is 3.38. The molecule has 8 heteroatoms. The monoisotopic (exact) mass is 320 g/mol. The zero-order chi connectivity index (χ0) is 15.4. The molecule has 2 N–H and O–H groups in total. The van der Waals surface area contributed by atoms with Crippen molar-refractivity contribution in [3.8, 4) is 0 Å². The van der Waals surface area contributed by atoms with Gasteiger partial charge in [-0.05, 0) is 38.2 Å². The molecule has 6 nitrogen and oxygen atoms in total. The predicted octanol–water partition coefficient (Wildman–Crippen LogP) is 0.830. The third-order valence-corrected chi connectivity index (χ3v) is 6.11. The first-order valence-electron chi connectivity index (χ1n) is 6.21. The van der Waals surface area contributed by atoms with Crippen LogP contribution < -0.4 is 10.0 Å². The van der Waals surface area contributed by atoms with Gasteiger partial charge in [0.25, 0.3) is 0 Å². The van der Waals surface area contributed by atoms with Crippen molar-refractivity contribution in [3.05, 3.63) is 24.3 Å². The molecule has 1 atom stereocenters. The molecular formula is C12H20N2O4S2. The van der Waals surface area contributed by atoms with Crippen molar-refractivity contribution in [3.63, 3.8) is 0 Å². The molecule has 114 valence electrons. The summed E-state index contributed by atoms with van der Waals surface area (Å²) in [5, 5.41) is 3.03. The molecule has 0 aliphatic heterocycles. The van der Waals surface area contributed by atoms with Gasteiger partial charge >= 0.3 is 0 Å². The number of anilines is 1. The second kappa shape index (κ2) is 6.55. The molecule has 0 bridgehead atoms. The van der Waals surface area contributed by atoms with Crippen molar-refractivity contribution >= 4 is 25.5 Å². The van der Waals surface area contributed by atoms with Crippen molar-refractivity contribution in [2.45, 2.75) is 24.8 Å². The van der Waals surface area contributed by atoms with Crippen LogP contribution in [-0.4, -0.2) is 41.4 Å². The minimum atomic E-state index is -3.45. The largest absolute Gasteiger partial charge is 0.382 e. The fourth-order valence-electron chi connectivity index (χ4n) is 1.67. The van der Waals surface area contributed by atoms with E-state index in [4.69, 9.17) is 0 Å². The molecule has 0 amide bonds. The Morgan fingerprint density at radius 2 is 1.65 bits per heavy atom. The maximum Gasteiger partial charge on any atom is 0.240 e. The molecule has 1 unspecified atom stereocenters. The van der Waals surface area contributed by atoms with Crippen LogP contribution in [0.1, 0.15) is 13.8 Å². The van der Waals surface area contributed by atoms with E-state index in [0.29, 0.717) is 5.69 Å². The molecule has 1 aromatic rings. The molecule has 0 saturated carbocycles. The van der Waals surface area contributed by atoms with Crippen molar-refractivity contribution in [1.82, 2.24) is 4.72 Å². The normalized spacial score (nSPS) is 13.9. The van der Waals surface area contributed by atoms with E-state index < -0.39 is 19.9 Å². The van der Waals surface area contributed by atoms with Crippen LogP contribution in [0, 0.1) is 0 Å². The van der Waals surface area contributed by atoms with Crippen molar-refractivity contribution in [1.29, 1.82) is 0 Å². The average Bonchev–Trinajstić information content (AvgIpc) is 2.38. The highest BCUT2D eigenvalue weighted by molar-refractivity contribution is 7.91. The van der Waals surface area contributed by atoms with Gasteiger partial charge in [-0.2, -0.15) is 0 Å². The average molecular weight is 320 g/mol. The van der Waals surface area contributed by atoms with E-state index in [-0.39, 0.29) is 22.4 Å². The summed E-state index contributed by atoms with van der Waals surface area (Å²) in [6, 6.07) is 5.91. The first kappa shape index (κ1) is 16.9. The summed E-state index contributed by atoms with van der Waals surface area (Å²) < 4.78 is 48.3. The number of rotatable bonds is 7. The fraction of sp³-hybridized carbons (Fsp3) is 0.500. The quantitative estimate of drug-likeness (QED) is 0.776. The number of sulfonamides is 1. The van der Waals surface area contributed by atoms with E-state index in [0.717, 1.165) is 0 Å². The molecule has 1 rings (SSSR count). The van der Waals surface area contributed by atoms with Gasteiger partial charge in [0.05, 0.1) is 10.6 Å². The van der Waals surface area contributed by atoms with Gasteiger partial charge in [0.15, 0.2) is 9.84 Å². The molecule has 0 aliphatic rings. The van der Waals surface area contributed by atoms with Crippen LogP contribution in [0.25, 0.3) is 0 Å². The lowest BCUT2D eigenvalue weighted by Crippen LogP contribution is -2.26. The molecule has 0 aliphatic carbocycles. The number of hydrogen-bond donors (Lipinski definition) is 2. The highest BCUT2D eigenvalue weighted by atomic mass is 32.2. The summed E-state index contributed by atoms with van der Waals surface area (Å²) in [4.78, 5) is 0.166. The highest BCUT2D eigenvalue weighted by Gasteiger charge is 2.14. The molecule has 0 aromatic heterocycles. The number of benzene rings is 1. The zero-order valence-corrected chi connectivity index (χ0v) is 13.4. The standard InChI is InChI=1S/C12H20N2O4S2/c1-4-19(15,16)9-10(2)14-11-5-7-12(8-6-11)20(17,18)13-3/h5-8,10,13-14H,4,9H2,1-3H3. The second-order valence-electron chi connectivity index (χ2n) is 4.48. The summed E-state index contributed by atoms with van der Waals surface area (Å²) in [5.41, 5.74) is 0.679. The Balaban J connectivity index is 2.76. The Morgan fingerprint density at radius 3 is 2.10 bits per heavy atom. The Labute approximate surface area is 120 Å². The first-order chi connectivity index (χ1) is 9.20. The Bertz CT molecular complexity index is 637. The maximum absolute atomic E-state index is 11.6. The number of nitrogens with one attached hydrogen (secondary N) is 2. The van der Waals surface area contributed by atoms with Crippen LogP contribution in [0.5, 0.6) is 0 Å². The van der Waals surface area contributed by atoms with Crippen molar-refractivity contribution < 1.29 is 16.8 Å². The van der Waals surface area contributed by atoms with Gasteiger partial charge in [-0.1, -0.05) is 6.92 Å². The molecule has 0 saturated heterocycles. The summed E-state index contributed by atoms with van der Waals surface area (Å²) in [5.74, 6) is 0.151. The molecule has 0 fully saturated rings. The van der Waals surface area contributed by atoms with Gasteiger partial charge in [-0.15, -0.1) is 0 Å². The van der Waals surface area contributed by atoms with Gasteiger partial charge < -0.3 is 5.32 Å². The second-order valence-corrected chi connectivity index (χ2v) is 8.76. The van der Waals surface area contributed by atoms with E-state index in [1.807, 2.05) is 0 Å². The Hall–Kier alpha value is -1.12. The van der Waals surface area contributed by atoms with Gasteiger partial charge in [0.2, 0.25) is 10.0 Å². The lowest BCUT2D eigenvalue weighted by Gasteiger charge is -2.15. The molecule has 0 heterocycles. The SMILES string of the molecule is CCS(=O)(=O)CC(C)Nc1ccc(S(=O)(=O)NC)cc1. The van der Waals surface area contributed by atoms with Crippen molar-refractivity contribution in [2.75, 3.05) is 23.9 Å². The van der Waals surface area contributed by atoms with E-state index in [2.05, 4.69) is 10.0 Å². The van der Waals surface area contributed by atoms with Crippen LogP contribution in [0.3, 0.4) is 0 Å². The van der Waals surface area contributed by atoms with Gasteiger partial charge in [-0.25, -0.2) is 21.6 Å². The van der Waals surface area contributed by atoms with E-state index in [9.17, 15) is 16.8 Å². The maximum atomic E-state index is 11.6. The summed E-state index contributed by atoms with van der Waals surface area (Å²) >= 11 is 0. The molecular weight excluding hydrogens is 300 g/mol. The zero-order valence-electron chi connectivity index (χ0n) is 11.8. The van der Waals surface area contributed by atoms with Crippen LogP contribution in [0.4, 0.5) is 5.69 Å².